The summed E-state index contributed by atoms with van der Waals surface area (Å²) in [6.07, 6.45) is 1.34. The van der Waals surface area contributed by atoms with Crippen molar-refractivity contribution in [1.29, 1.82) is 0 Å². The minimum Gasteiger partial charge on any atom is -0.211 e. The lowest BCUT2D eigenvalue weighted by atomic mass is 10.2. The number of carbonyl (C=O) groups excluding carboxylic acids is 1. The van der Waals surface area contributed by atoms with Crippen LogP contribution in [0.4, 0.5) is 10.1 Å². The number of aliphatic imine (C=N–C) groups is 1. The Morgan fingerprint density at radius 1 is 1.55 bits per heavy atom. The number of halogens is 1. The first-order valence-electron chi connectivity index (χ1n) is 3.08. The average molecular weight is 151 g/mol. The van der Waals surface area contributed by atoms with E-state index in [9.17, 15) is 9.18 Å². The minimum atomic E-state index is -0.360. The van der Waals surface area contributed by atoms with Crippen molar-refractivity contribution in [2.24, 2.45) is 4.99 Å². The summed E-state index contributed by atoms with van der Waals surface area (Å²) in [6, 6.07) is 4.31. The van der Waals surface area contributed by atoms with Gasteiger partial charge in [0.25, 0.3) is 0 Å². The maximum absolute atomic E-state index is 12.7. The summed E-state index contributed by atoms with van der Waals surface area (Å²) in [6.45, 7) is 1.64. The van der Waals surface area contributed by atoms with E-state index in [0.29, 0.717) is 11.3 Å². The molecule has 3 heteroatoms. The van der Waals surface area contributed by atoms with E-state index in [2.05, 4.69) is 4.99 Å². The molecule has 0 bridgehead atoms. The van der Waals surface area contributed by atoms with Gasteiger partial charge in [-0.3, -0.25) is 0 Å². The summed E-state index contributed by atoms with van der Waals surface area (Å²) in [7, 11) is 0. The molecule has 0 aliphatic rings. The highest BCUT2D eigenvalue weighted by Crippen LogP contribution is 2.15. The molecule has 0 saturated carbocycles. The number of aryl methyl sites for hydroxylation is 1. The van der Waals surface area contributed by atoms with Crippen molar-refractivity contribution < 1.29 is 9.18 Å². The van der Waals surface area contributed by atoms with E-state index < -0.39 is 0 Å². The van der Waals surface area contributed by atoms with Crippen molar-refractivity contribution >= 4 is 11.8 Å². The molecule has 11 heavy (non-hydrogen) atoms. The molecule has 1 rings (SSSR count). The molecule has 2 nitrogen and oxygen atoms in total. The maximum atomic E-state index is 12.7. The van der Waals surface area contributed by atoms with Gasteiger partial charge in [0.15, 0.2) is 0 Å². The number of rotatable bonds is 1. The van der Waals surface area contributed by atoms with Gasteiger partial charge in [-0.15, -0.1) is 0 Å². The fourth-order valence-corrected chi connectivity index (χ4v) is 0.704. The fourth-order valence-electron chi connectivity index (χ4n) is 0.704. The Bertz CT molecular complexity index is 316. The van der Waals surface area contributed by atoms with E-state index in [0.717, 1.165) is 0 Å². The zero-order valence-electron chi connectivity index (χ0n) is 5.97. The van der Waals surface area contributed by atoms with Crippen molar-refractivity contribution in [2.45, 2.75) is 6.92 Å². The Morgan fingerprint density at radius 2 is 2.27 bits per heavy atom. The maximum Gasteiger partial charge on any atom is 0.240 e. The molecule has 0 spiro atoms. The smallest absolute Gasteiger partial charge is 0.211 e. The van der Waals surface area contributed by atoms with Gasteiger partial charge in [-0.05, 0) is 18.6 Å². The van der Waals surface area contributed by atoms with Crippen LogP contribution in [0.3, 0.4) is 0 Å². The van der Waals surface area contributed by atoms with Crippen LogP contribution >= 0.6 is 0 Å². The third-order valence-corrected chi connectivity index (χ3v) is 1.33. The number of isocyanates is 1. The van der Waals surface area contributed by atoms with Crippen LogP contribution in [0.15, 0.2) is 23.2 Å². The van der Waals surface area contributed by atoms with Crippen molar-refractivity contribution in [3.63, 3.8) is 0 Å². The number of hydrogen-bond donors (Lipinski definition) is 0. The molecule has 0 amide bonds. The van der Waals surface area contributed by atoms with Gasteiger partial charge in [0.1, 0.15) is 5.82 Å². The molecule has 0 aromatic heterocycles. The van der Waals surface area contributed by atoms with Gasteiger partial charge in [0.05, 0.1) is 5.69 Å². The Kier molecular flexibility index (Phi) is 2.14. The van der Waals surface area contributed by atoms with Gasteiger partial charge in [-0.2, -0.15) is 4.99 Å². The molecule has 0 aliphatic carbocycles. The van der Waals surface area contributed by atoms with E-state index in [1.165, 1.54) is 12.1 Å². The van der Waals surface area contributed by atoms with Crippen LogP contribution in [0, 0.1) is 12.7 Å². The first-order chi connectivity index (χ1) is 5.24. The molecule has 0 N–H and O–H groups in total. The van der Waals surface area contributed by atoms with Gasteiger partial charge in [-0.1, -0.05) is 6.07 Å². The number of hydrogen-bond acceptors (Lipinski definition) is 2. The first-order valence-corrected chi connectivity index (χ1v) is 3.08. The van der Waals surface area contributed by atoms with E-state index in [-0.39, 0.29) is 5.82 Å². The largest absolute Gasteiger partial charge is 0.240 e. The molecular formula is C8H6FNO. The Morgan fingerprint density at radius 3 is 2.82 bits per heavy atom. The summed E-state index contributed by atoms with van der Waals surface area (Å²) >= 11 is 0. The second-order valence-electron chi connectivity index (χ2n) is 2.14. The van der Waals surface area contributed by atoms with E-state index in [1.807, 2.05) is 0 Å². The standard InChI is InChI=1S/C8H6FNO/c1-6-2-3-7(10-5-11)4-8(6)9/h2-4H,1H3. The molecule has 0 heterocycles. The number of nitrogens with zero attached hydrogens (tertiary/aromatic N) is 1. The van der Waals surface area contributed by atoms with Gasteiger partial charge in [-0.25, -0.2) is 9.18 Å². The average Bonchev–Trinajstić information content (AvgIpc) is 1.98. The number of benzene rings is 1. The highest BCUT2D eigenvalue weighted by Gasteiger charge is 1.96. The SMILES string of the molecule is Cc1ccc(N=C=O)cc1F. The van der Waals surface area contributed by atoms with E-state index >= 15 is 0 Å². The van der Waals surface area contributed by atoms with E-state index in [1.54, 1.807) is 19.1 Å². The molecule has 1 aromatic carbocycles. The Hall–Kier alpha value is -1.47. The molecular weight excluding hydrogens is 145 g/mol. The molecule has 56 valence electrons. The van der Waals surface area contributed by atoms with Crippen LogP contribution < -0.4 is 0 Å². The fraction of sp³-hybridized carbons (Fsp3) is 0.125. The van der Waals surface area contributed by atoms with Crippen LogP contribution in [-0.4, -0.2) is 6.08 Å². The highest BCUT2D eigenvalue weighted by atomic mass is 19.1. The zero-order valence-corrected chi connectivity index (χ0v) is 5.97. The van der Waals surface area contributed by atoms with Crippen LogP contribution in [0.1, 0.15) is 5.56 Å². The predicted molar refractivity (Wildman–Crippen MR) is 38.9 cm³/mol. The summed E-state index contributed by atoms with van der Waals surface area (Å²) in [5, 5.41) is 0. The Labute approximate surface area is 63.4 Å². The van der Waals surface area contributed by atoms with E-state index in [4.69, 9.17) is 0 Å². The molecule has 0 radical (unpaired) electrons. The highest BCUT2D eigenvalue weighted by molar-refractivity contribution is 5.49. The molecule has 0 atom stereocenters. The summed E-state index contributed by atoms with van der Waals surface area (Å²) in [4.78, 5) is 13.0. The molecule has 0 saturated heterocycles. The second-order valence-corrected chi connectivity index (χ2v) is 2.14. The topological polar surface area (TPSA) is 29.4 Å². The summed E-state index contributed by atoms with van der Waals surface area (Å²) in [5.41, 5.74) is 0.831. The van der Waals surface area contributed by atoms with Gasteiger partial charge in [0, 0.05) is 6.07 Å². The molecule has 0 unspecified atom stereocenters. The van der Waals surface area contributed by atoms with Gasteiger partial charge < -0.3 is 0 Å². The molecule has 0 aliphatic heterocycles. The van der Waals surface area contributed by atoms with Gasteiger partial charge >= 0.3 is 0 Å². The van der Waals surface area contributed by atoms with Crippen molar-refractivity contribution in [1.82, 2.24) is 0 Å². The minimum absolute atomic E-state index is 0.295. The van der Waals surface area contributed by atoms with Crippen LogP contribution in [0.2, 0.25) is 0 Å². The van der Waals surface area contributed by atoms with Crippen LogP contribution in [-0.2, 0) is 4.79 Å². The lowest BCUT2D eigenvalue weighted by molar-refractivity contribution is 0.565. The zero-order chi connectivity index (χ0) is 8.27. The van der Waals surface area contributed by atoms with Crippen molar-refractivity contribution in [3.05, 3.63) is 29.6 Å². The predicted octanol–water partition coefficient (Wildman–Crippen LogP) is 2.10. The summed E-state index contributed by atoms with van der Waals surface area (Å²) in [5.74, 6) is -0.360. The lowest BCUT2D eigenvalue weighted by Crippen LogP contribution is -1.78. The van der Waals surface area contributed by atoms with Crippen molar-refractivity contribution in [3.8, 4) is 0 Å². The molecule has 0 fully saturated rings. The van der Waals surface area contributed by atoms with Crippen LogP contribution in [0.25, 0.3) is 0 Å². The van der Waals surface area contributed by atoms with Crippen molar-refractivity contribution in [2.75, 3.05) is 0 Å². The summed E-state index contributed by atoms with van der Waals surface area (Å²) < 4.78 is 12.7. The second kappa shape index (κ2) is 3.08. The quantitative estimate of drug-likeness (QED) is 0.446. The lowest BCUT2D eigenvalue weighted by Gasteiger charge is -1.94. The normalized spacial score (nSPS) is 8.91. The third kappa shape index (κ3) is 1.72. The third-order valence-electron chi connectivity index (χ3n) is 1.33. The monoisotopic (exact) mass is 151 g/mol. The molecule has 1 aromatic rings. The Balaban J connectivity index is 3.14. The van der Waals surface area contributed by atoms with Crippen LogP contribution in [0.5, 0.6) is 0 Å². The van der Waals surface area contributed by atoms with Gasteiger partial charge in [0.2, 0.25) is 6.08 Å². The first kappa shape index (κ1) is 7.63.